The third kappa shape index (κ3) is 1.83. The van der Waals surface area contributed by atoms with Gasteiger partial charge in [0.25, 0.3) is 0 Å². The lowest BCUT2D eigenvalue weighted by Gasteiger charge is -2.30. The lowest BCUT2D eigenvalue weighted by molar-refractivity contribution is 0.429. The molecule has 24 heavy (non-hydrogen) atoms. The van der Waals surface area contributed by atoms with E-state index in [1.807, 2.05) is 13.0 Å². The second kappa shape index (κ2) is 4.76. The van der Waals surface area contributed by atoms with Crippen LogP contribution in [0.4, 0.5) is 5.69 Å². The summed E-state index contributed by atoms with van der Waals surface area (Å²) in [6.45, 7) is 1.99. The van der Waals surface area contributed by atoms with E-state index in [9.17, 15) is 5.11 Å². The van der Waals surface area contributed by atoms with Gasteiger partial charge in [-0.05, 0) is 88.7 Å². The van der Waals surface area contributed by atoms with Gasteiger partial charge in [0.05, 0.1) is 0 Å². The zero-order chi connectivity index (χ0) is 16.4. The Hall–Kier alpha value is -2.48. The minimum Gasteiger partial charge on any atom is -0.508 e. The number of hydrogen-bond donors (Lipinski definition) is 2. The Morgan fingerprint density at radius 2 is 1.83 bits per heavy atom. The number of phenols is 1. The van der Waals surface area contributed by atoms with Crippen molar-refractivity contribution < 1.29 is 5.11 Å². The highest BCUT2D eigenvalue weighted by Crippen LogP contribution is 2.49. The molecule has 0 saturated heterocycles. The van der Waals surface area contributed by atoms with Gasteiger partial charge in [0.1, 0.15) is 5.75 Å². The highest BCUT2D eigenvalue weighted by atomic mass is 16.3. The smallest absolute Gasteiger partial charge is 0.118 e. The van der Waals surface area contributed by atoms with Crippen LogP contribution in [0.15, 0.2) is 42.5 Å². The van der Waals surface area contributed by atoms with Crippen molar-refractivity contribution in [2.24, 2.45) is 5.92 Å². The van der Waals surface area contributed by atoms with Crippen molar-refractivity contribution in [3.63, 3.8) is 0 Å². The molecular weight excluding hydrogens is 294 g/mol. The first-order valence-corrected chi connectivity index (χ1v) is 8.73. The Bertz CT molecular complexity index is 989. The Morgan fingerprint density at radius 1 is 1.00 bits per heavy atom. The molecule has 5 rings (SSSR count). The van der Waals surface area contributed by atoms with E-state index in [4.69, 9.17) is 5.73 Å². The third-order valence-electron chi connectivity index (χ3n) is 6.11. The number of aryl methyl sites for hydroxylation is 1. The summed E-state index contributed by atoms with van der Waals surface area (Å²) >= 11 is 0. The average molecular weight is 315 g/mol. The van der Waals surface area contributed by atoms with Crippen LogP contribution in [0.1, 0.15) is 33.7 Å². The summed E-state index contributed by atoms with van der Waals surface area (Å²) in [6.07, 6.45) is 3.16. The Morgan fingerprint density at radius 3 is 2.71 bits per heavy atom. The molecule has 2 aliphatic rings. The monoisotopic (exact) mass is 315 g/mol. The number of phenolic OH excluding ortho intramolecular Hbond substituents is 1. The first-order valence-electron chi connectivity index (χ1n) is 8.73. The zero-order valence-corrected chi connectivity index (χ0v) is 13.8. The fourth-order valence-corrected chi connectivity index (χ4v) is 4.90. The normalized spacial score (nSPS) is 21.4. The number of anilines is 1. The lowest BCUT2D eigenvalue weighted by atomic mass is 9.74. The van der Waals surface area contributed by atoms with E-state index < -0.39 is 0 Å². The molecule has 2 unspecified atom stereocenters. The largest absolute Gasteiger partial charge is 0.508 e. The summed E-state index contributed by atoms with van der Waals surface area (Å²) in [5.74, 6) is 1.59. The van der Waals surface area contributed by atoms with Crippen LogP contribution in [0, 0.1) is 12.8 Å². The predicted octanol–water partition coefficient (Wildman–Crippen LogP) is 4.49. The van der Waals surface area contributed by atoms with Crippen LogP contribution in [-0.4, -0.2) is 5.11 Å². The highest BCUT2D eigenvalue weighted by Gasteiger charge is 2.38. The van der Waals surface area contributed by atoms with E-state index in [1.54, 1.807) is 0 Å². The number of nitrogen functional groups attached to an aromatic ring is 1. The van der Waals surface area contributed by atoms with Gasteiger partial charge < -0.3 is 10.8 Å². The molecule has 3 aromatic carbocycles. The summed E-state index contributed by atoms with van der Waals surface area (Å²) in [6, 6.07) is 14.9. The van der Waals surface area contributed by atoms with Gasteiger partial charge in [-0.3, -0.25) is 0 Å². The standard InChI is InChI=1S/C22H21NO/c1-12-6-17-15(10-22(12)24)7-14-8-20-19(11-18(14)17)16-5-3-2-4-13(16)9-21(20)23/h2-6,9-10,14,18,24H,7-8,11,23H2,1H3. The molecule has 0 bridgehead atoms. The van der Waals surface area contributed by atoms with Crippen molar-refractivity contribution in [3.05, 3.63) is 70.3 Å². The second-order valence-corrected chi connectivity index (χ2v) is 7.46. The van der Waals surface area contributed by atoms with Gasteiger partial charge in [-0.15, -0.1) is 0 Å². The maximum Gasteiger partial charge on any atom is 0.118 e. The molecule has 0 heterocycles. The molecule has 0 radical (unpaired) electrons. The topological polar surface area (TPSA) is 46.2 Å². The van der Waals surface area contributed by atoms with E-state index in [1.165, 1.54) is 33.0 Å². The van der Waals surface area contributed by atoms with Crippen molar-refractivity contribution in [2.45, 2.75) is 32.1 Å². The van der Waals surface area contributed by atoms with Gasteiger partial charge in [0, 0.05) is 5.69 Å². The number of aromatic hydroxyl groups is 1. The summed E-state index contributed by atoms with van der Waals surface area (Å²) in [5, 5.41) is 12.6. The van der Waals surface area contributed by atoms with Crippen LogP contribution in [-0.2, 0) is 19.3 Å². The van der Waals surface area contributed by atoms with Gasteiger partial charge in [-0.1, -0.05) is 30.3 Å². The summed E-state index contributed by atoms with van der Waals surface area (Å²) in [4.78, 5) is 0. The van der Waals surface area contributed by atoms with E-state index in [0.29, 0.717) is 17.6 Å². The molecular formula is C22H21NO. The SMILES string of the molecule is Cc1cc2c(cc1O)CC1Cc3c(N)cc4ccccc4c3CC21. The number of benzene rings is 3. The van der Waals surface area contributed by atoms with E-state index in [-0.39, 0.29) is 0 Å². The number of hydrogen-bond acceptors (Lipinski definition) is 2. The molecule has 2 heteroatoms. The van der Waals surface area contributed by atoms with Crippen LogP contribution >= 0.6 is 0 Å². The number of rotatable bonds is 0. The quantitative estimate of drug-likeness (QED) is 0.600. The first kappa shape index (κ1) is 13.9. The molecule has 0 aliphatic heterocycles. The molecule has 120 valence electrons. The van der Waals surface area contributed by atoms with Crippen molar-refractivity contribution in [1.29, 1.82) is 0 Å². The molecule has 0 saturated carbocycles. The van der Waals surface area contributed by atoms with Crippen molar-refractivity contribution >= 4 is 16.5 Å². The van der Waals surface area contributed by atoms with Gasteiger partial charge in [0.15, 0.2) is 0 Å². The van der Waals surface area contributed by atoms with E-state index >= 15 is 0 Å². The zero-order valence-electron chi connectivity index (χ0n) is 13.8. The van der Waals surface area contributed by atoms with Crippen molar-refractivity contribution in [3.8, 4) is 5.75 Å². The van der Waals surface area contributed by atoms with Crippen LogP contribution in [0.5, 0.6) is 5.75 Å². The Kier molecular flexibility index (Phi) is 2.76. The predicted molar refractivity (Wildman–Crippen MR) is 98.5 cm³/mol. The van der Waals surface area contributed by atoms with E-state index in [0.717, 1.165) is 30.5 Å². The molecule has 2 atom stereocenters. The Labute approximate surface area is 141 Å². The fourth-order valence-electron chi connectivity index (χ4n) is 4.90. The van der Waals surface area contributed by atoms with Gasteiger partial charge in [0.2, 0.25) is 0 Å². The third-order valence-corrected chi connectivity index (χ3v) is 6.11. The van der Waals surface area contributed by atoms with E-state index in [2.05, 4.69) is 36.4 Å². The molecule has 2 nitrogen and oxygen atoms in total. The molecule has 0 aromatic heterocycles. The fraction of sp³-hybridized carbons (Fsp3) is 0.273. The summed E-state index contributed by atoms with van der Waals surface area (Å²) in [7, 11) is 0. The molecule has 2 aliphatic carbocycles. The van der Waals surface area contributed by atoms with Crippen LogP contribution in [0.25, 0.3) is 10.8 Å². The second-order valence-electron chi connectivity index (χ2n) is 7.46. The van der Waals surface area contributed by atoms with Crippen LogP contribution in [0.3, 0.4) is 0 Å². The number of nitrogens with two attached hydrogens (primary N) is 1. The maximum atomic E-state index is 10.1. The maximum absolute atomic E-state index is 10.1. The highest BCUT2D eigenvalue weighted by molar-refractivity contribution is 5.91. The summed E-state index contributed by atoms with van der Waals surface area (Å²) in [5.41, 5.74) is 13.9. The molecule has 3 N–H and O–H groups in total. The van der Waals surface area contributed by atoms with Gasteiger partial charge >= 0.3 is 0 Å². The molecule has 0 fully saturated rings. The molecule has 3 aromatic rings. The minimum absolute atomic E-state index is 0.426. The van der Waals surface area contributed by atoms with Crippen LogP contribution in [0.2, 0.25) is 0 Å². The van der Waals surface area contributed by atoms with Crippen molar-refractivity contribution in [1.82, 2.24) is 0 Å². The van der Waals surface area contributed by atoms with Crippen LogP contribution < -0.4 is 5.73 Å². The molecule has 0 spiro atoms. The average Bonchev–Trinajstić information content (AvgIpc) is 2.91. The summed E-state index contributed by atoms with van der Waals surface area (Å²) < 4.78 is 0. The Balaban J connectivity index is 1.69. The van der Waals surface area contributed by atoms with Crippen molar-refractivity contribution in [2.75, 3.05) is 5.73 Å². The van der Waals surface area contributed by atoms with Gasteiger partial charge in [-0.25, -0.2) is 0 Å². The minimum atomic E-state index is 0.426. The lowest BCUT2D eigenvalue weighted by Crippen LogP contribution is -2.22. The first-order chi connectivity index (χ1) is 11.6. The van der Waals surface area contributed by atoms with Gasteiger partial charge in [-0.2, -0.15) is 0 Å². The molecule has 0 amide bonds. The number of fused-ring (bicyclic) bond motifs is 6.